The van der Waals surface area contributed by atoms with Crippen LogP contribution in [0.1, 0.15) is 41.6 Å². The normalized spacial score (nSPS) is 19.2. The van der Waals surface area contributed by atoms with Gasteiger partial charge in [0.15, 0.2) is 23.0 Å². The van der Waals surface area contributed by atoms with Crippen LogP contribution in [-0.2, 0) is 0 Å². The summed E-state index contributed by atoms with van der Waals surface area (Å²) in [6.45, 7) is 2.56. The molecule has 3 aromatic rings. The van der Waals surface area contributed by atoms with Gasteiger partial charge in [0.1, 0.15) is 0 Å². The number of hydrazone groups is 1. The highest BCUT2D eigenvalue weighted by Gasteiger charge is 2.42. The van der Waals surface area contributed by atoms with Crippen LogP contribution in [0, 0.1) is 0 Å². The molecule has 2 aliphatic rings. The van der Waals surface area contributed by atoms with Crippen molar-refractivity contribution in [2.45, 2.75) is 25.6 Å². The van der Waals surface area contributed by atoms with Crippen molar-refractivity contribution in [1.29, 1.82) is 0 Å². The van der Waals surface area contributed by atoms with Crippen LogP contribution in [0.2, 0.25) is 0 Å². The number of rotatable bonds is 6. The molecule has 0 fully saturated rings. The average molecular weight is 437 g/mol. The van der Waals surface area contributed by atoms with Crippen LogP contribution < -0.4 is 18.9 Å². The van der Waals surface area contributed by atoms with Gasteiger partial charge in [-0.3, -0.25) is 0 Å². The lowest BCUT2D eigenvalue weighted by Gasteiger charge is -2.38. The molecule has 1 aromatic heterocycles. The summed E-state index contributed by atoms with van der Waals surface area (Å²) in [7, 11) is 3.27. The molecule has 0 unspecified atom stereocenters. The zero-order valence-corrected chi connectivity index (χ0v) is 18.5. The number of hydrogen-bond donors (Lipinski definition) is 0. The number of hydrogen-bond acceptors (Lipinski definition) is 7. The summed E-state index contributed by atoms with van der Waals surface area (Å²) in [6, 6.07) is 16.2. The highest BCUT2D eigenvalue weighted by molar-refractivity contribution is 7.12. The Bertz CT molecular complexity index is 1110. The van der Waals surface area contributed by atoms with Gasteiger partial charge in [-0.2, -0.15) is 5.10 Å². The predicted molar refractivity (Wildman–Crippen MR) is 121 cm³/mol. The van der Waals surface area contributed by atoms with Crippen molar-refractivity contribution in [3.63, 3.8) is 0 Å². The van der Waals surface area contributed by atoms with Gasteiger partial charge in [-0.25, -0.2) is 5.01 Å². The van der Waals surface area contributed by atoms with Gasteiger partial charge in [0, 0.05) is 17.5 Å². The van der Waals surface area contributed by atoms with Crippen molar-refractivity contribution in [3.8, 4) is 23.0 Å². The number of fused-ring (bicyclic) bond motifs is 3. The van der Waals surface area contributed by atoms with Crippen LogP contribution in [0.5, 0.6) is 23.0 Å². The fourth-order valence-corrected chi connectivity index (χ4v) is 4.89. The van der Waals surface area contributed by atoms with Crippen LogP contribution in [0.3, 0.4) is 0 Å². The molecule has 7 heteroatoms. The number of thiophene rings is 1. The minimum Gasteiger partial charge on any atom is -0.493 e. The number of methoxy groups -OCH3 is 2. The van der Waals surface area contributed by atoms with E-state index in [0.29, 0.717) is 18.1 Å². The second-order valence-corrected chi connectivity index (χ2v) is 8.26. The zero-order chi connectivity index (χ0) is 21.4. The van der Waals surface area contributed by atoms with E-state index < -0.39 is 6.23 Å². The topological polar surface area (TPSA) is 52.5 Å². The largest absolute Gasteiger partial charge is 0.493 e. The standard InChI is InChI=1S/C24H24N2O4S/c1-4-29-20-8-5-7-16-18-14-17(22-9-6-12-31-22)25-26(18)24(30-23(16)20)15-10-11-19(27-2)21(13-15)28-3/h5-13,18,24H,4,14H2,1-3H3/t18-,24-/m0/s1. The van der Waals surface area contributed by atoms with Gasteiger partial charge in [-0.15, -0.1) is 11.3 Å². The summed E-state index contributed by atoms with van der Waals surface area (Å²) in [4.78, 5) is 1.18. The molecule has 160 valence electrons. The van der Waals surface area contributed by atoms with E-state index in [4.69, 9.17) is 24.0 Å². The summed E-state index contributed by atoms with van der Waals surface area (Å²) in [6.07, 6.45) is 0.410. The molecule has 0 amide bonds. The Morgan fingerprint density at radius 2 is 1.94 bits per heavy atom. The third-order valence-electron chi connectivity index (χ3n) is 5.58. The summed E-state index contributed by atoms with van der Waals surface area (Å²) < 4.78 is 23.4. The summed E-state index contributed by atoms with van der Waals surface area (Å²) in [5, 5.41) is 9.15. The van der Waals surface area contributed by atoms with Crippen LogP contribution in [0.25, 0.3) is 0 Å². The van der Waals surface area contributed by atoms with Gasteiger partial charge < -0.3 is 18.9 Å². The number of ether oxygens (including phenoxy) is 4. The molecule has 2 atom stereocenters. The fraction of sp³-hybridized carbons (Fsp3) is 0.292. The highest BCUT2D eigenvalue weighted by atomic mass is 32.1. The Hall–Kier alpha value is -3.19. The Morgan fingerprint density at radius 1 is 1.06 bits per heavy atom. The summed E-state index contributed by atoms with van der Waals surface area (Å²) in [5.74, 6) is 2.88. The molecule has 5 rings (SSSR count). The molecule has 0 saturated carbocycles. The molecule has 0 bridgehead atoms. The SMILES string of the molecule is CCOc1cccc2c1O[C@@H](c1ccc(OC)c(OC)c1)N1N=C(c3cccs3)C[C@@H]21. The quantitative estimate of drug-likeness (QED) is 0.517. The van der Waals surface area contributed by atoms with Crippen molar-refractivity contribution < 1.29 is 18.9 Å². The number of nitrogens with zero attached hydrogens (tertiary/aromatic N) is 2. The maximum Gasteiger partial charge on any atom is 0.214 e. The number of benzene rings is 2. The first kappa shape index (κ1) is 19.8. The maximum absolute atomic E-state index is 6.56. The first-order chi connectivity index (χ1) is 15.2. The fourth-order valence-electron chi connectivity index (χ4n) is 4.17. The molecule has 2 aromatic carbocycles. The molecule has 0 N–H and O–H groups in total. The molecule has 31 heavy (non-hydrogen) atoms. The predicted octanol–water partition coefficient (Wildman–Crippen LogP) is 5.41. The van der Waals surface area contributed by atoms with Crippen LogP contribution >= 0.6 is 11.3 Å². The molecule has 6 nitrogen and oxygen atoms in total. The molecule has 0 radical (unpaired) electrons. The van der Waals surface area contributed by atoms with Gasteiger partial charge in [0.25, 0.3) is 0 Å². The van der Waals surface area contributed by atoms with Crippen molar-refractivity contribution >= 4 is 17.0 Å². The van der Waals surface area contributed by atoms with Crippen LogP contribution in [-0.4, -0.2) is 31.5 Å². The first-order valence-corrected chi connectivity index (χ1v) is 11.2. The van der Waals surface area contributed by atoms with E-state index in [1.165, 1.54) is 4.88 Å². The van der Waals surface area contributed by atoms with E-state index in [0.717, 1.165) is 34.8 Å². The van der Waals surface area contributed by atoms with Gasteiger partial charge in [-0.05, 0) is 42.6 Å². The molecular weight excluding hydrogens is 412 g/mol. The van der Waals surface area contributed by atoms with E-state index in [1.54, 1.807) is 25.6 Å². The lowest BCUT2D eigenvalue weighted by molar-refractivity contribution is -0.0213. The maximum atomic E-state index is 6.56. The molecule has 0 spiro atoms. The van der Waals surface area contributed by atoms with Gasteiger partial charge >= 0.3 is 0 Å². The zero-order valence-electron chi connectivity index (χ0n) is 17.7. The molecular formula is C24H24N2O4S. The van der Waals surface area contributed by atoms with Crippen molar-refractivity contribution in [2.24, 2.45) is 5.10 Å². The van der Waals surface area contributed by atoms with Crippen molar-refractivity contribution in [1.82, 2.24) is 5.01 Å². The van der Waals surface area contributed by atoms with Gasteiger partial charge in [-0.1, -0.05) is 18.2 Å². The van der Waals surface area contributed by atoms with E-state index >= 15 is 0 Å². The Morgan fingerprint density at radius 3 is 2.68 bits per heavy atom. The van der Waals surface area contributed by atoms with Crippen molar-refractivity contribution in [3.05, 3.63) is 69.9 Å². The lowest BCUT2D eigenvalue weighted by atomic mass is 9.97. The monoisotopic (exact) mass is 436 g/mol. The van der Waals surface area contributed by atoms with E-state index in [2.05, 4.69) is 28.6 Å². The molecule has 3 heterocycles. The minimum absolute atomic E-state index is 0.0688. The average Bonchev–Trinajstić information content (AvgIpc) is 3.48. The van der Waals surface area contributed by atoms with E-state index in [1.807, 2.05) is 37.3 Å². The minimum atomic E-state index is -0.406. The Kier molecular flexibility index (Phi) is 5.19. The highest BCUT2D eigenvalue weighted by Crippen LogP contribution is 2.51. The smallest absolute Gasteiger partial charge is 0.214 e. The second-order valence-electron chi connectivity index (χ2n) is 7.32. The first-order valence-electron chi connectivity index (χ1n) is 10.3. The summed E-state index contributed by atoms with van der Waals surface area (Å²) in [5.41, 5.74) is 3.11. The van der Waals surface area contributed by atoms with Crippen LogP contribution in [0.4, 0.5) is 0 Å². The molecule has 2 aliphatic heterocycles. The van der Waals surface area contributed by atoms with Crippen molar-refractivity contribution in [2.75, 3.05) is 20.8 Å². The van der Waals surface area contributed by atoms with E-state index in [-0.39, 0.29) is 6.04 Å². The third kappa shape index (κ3) is 3.39. The van der Waals surface area contributed by atoms with E-state index in [9.17, 15) is 0 Å². The lowest BCUT2D eigenvalue weighted by Crippen LogP contribution is -2.34. The molecule has 0 saturated heterocycles. The Labute approximate surface area is 185 Å². The Balaban J connectivity index is 1.62. The van der Waals surface area contributed by atoms with Gasteiger partial charge in [0.2, 0.25) is 6.23 Å². The van der Waals surface area contributed by atoms with Gasteiger partial charge in [0.05, 0.1) is 37.5 Å². The van der Waals surface area contributed by atoms with Crippen LogP contribution in [0.15, 0.2) is 59.0 Å². The second kappa shape index (κ2) is 8.15. The number of para-hydroxylation sites is 1. The summed E-state index contributed by atoms with van der Waals surface area (Å²) >= 11 is 1.71. The third-order valence-corrected chi connectivity index (χ3v) is 6.50. The molecule has 0 aliphatic carbocycles.